The summed E-state index contributed by atoms with van der Waals surface area (Å²) in [7, 11) is -1.97. The van der Waals surface area contributed by atoms with E-state index in [4.69, 9.17) is 39.5 Å². The number of halogens is 3. The number of carbonyl (C=O) groups excluding carboxylic acids is 1. The van der Waals surface area contributed by atoms with Crippen LogP contribution in [0.25, 0.3) is 0 Å². The van der Waals surface area contributed by atoms with Gasteiger partial charge in [0.25, 0.3) is 15.9 Å². The van der Waals surface area contributed by atoms with Crippen molar-refractivity contribution in [3.05, 3.63) is 86.9 Å². The number of sulfonamides is 1. The summed E-state index contributed by atoms with van der Waals surface area (Å²) >= 11 is 18.2. The maximum absolute atomic E-state index is 13.7. The third-order valence-corrected chi connectivity index (χ3v) is 9.36. The van der Waals surface area contributed by atoms with Gasteiger partial charge in [-0.05, 0) is 74.1 Å². The predicted octanol–water partition coefficient (Wildman–Crippen LogP) is 5.80. The average Bonchev–Trinajstić information content (AvgIpc) is 2.92. The quantitative estimate of drug-likeness (QED) is 0.307. The molecule has 1 aliphatic rings. The van der Waals surface area contributed by atoms with Crippen molar-refractivity contribution in [2.45, 2.75) is 37.4 Å². The number of carbonyl (C=O) groups is 1. The van der Waals surface area contributed by atoms with Gasteiger partial charge < -0.3 is 14.7 Å². The first kappa shape index (κ1) is 31.4. The van der Waals surface area contributed by atoms with Crippen LogP contribution in [0.3, 0.4) is 0 Å². The smallest absolute Gasteiger partial charge is 0.261 e. The van der Waals surface area contributed by atoms with E-state index in [2.05, 4.69) is 9.62 Å². The summed E-state index contributed by atoms with van der Waals surface area (Å²) in [4.78, 5) is 17.4. The molecule has 0 saturated carbocycles. The fraction of sp³-hybridized carbons (Fsp3) is 0.345. The highest BCUT2D eigenvalue weighted by atomic mass is 35.5. The van der Waals surface area contributed by atoms with Crippen molar-refractivity contribution in [2.24, 2.45) is 5.92 Å². The van der Waals surface area contributed by atoms with Crippen LogP contribution in [0, 0.1) is 5.92 Å². The van der Waals surface area contributed by atoms with E-state index in [9.17, 15) is 18.3 Å². The molecule has 0 aromatic heterocycles. The van der Waals surface area contributed by atoms with Crippen molar-refractivity contribution in [1.29, 1.82) is 0 Å². The Labute approximate surface area is 255 Å². The maximum Gasteiger partial charge on any atom is 0.261 e. The van der Waals surface area contributed by atoms with Crippen molar-refractivity contribution >= 4 is 56.4 Å². The largest absolute Gasteiger partial charge is 0.488 e. The minimum absolute atomic E-state index is 0.0330. The number of amides is 1. The SMILES string of the molecule is C[C@H](CO)N1C[C@H](C)[C@H](CN(C)Cc2ccc(Cl)c(Cl)c2)Oc2ccc(NS(=O)(=O)c3ccc(Cl)cc3)cc2C1=O. The van der Waals surface area contributed by atoms with E-state index in [1.54, 1.807) is 30.0 Å². The fourth-order valence-electron chi connectivity index (χ4n) is 4.65. The molecule has 4 rings (SSSR count). The number of benzene rings is 3. The zero-order valence-electron chi connectivity index (χ0n) is 22.9. The highest BCUT2D eigenvalue weighted by Crippen LogP contribution is 2.32. The van der Waals surface area contributed by atoms with Gasteiger partial charge in [-0.15, -0.1) is 0 Å². The van der Waals surface area contributed by atoms with E-state index >= 15 is 0 Å². The summed E-state index contributed by atoms with van der Waals surface area (Å²) in [5.41, 5.74) is 1.39. The Kier molecular flexibility index (Phi) is 10.1. The second-order valence-electron chi connectivity index (χ2n) is 10.3. The second-order valence-corrected chi connectivity index (χ2v) is 13.3. The van der Waals surface area contributed by atoms with E-state index in [1.165, 1.54) is 30.3 Å². The number of rotatable bonds is 9. The summed E-state index contributed by atoms with van der Waals surface area (Å²) in [5.74, 6) is -0.108. The lowest BCUT2D eigenvalue weighted by Crippen LogP contribution is -2.49. The molecule has 2 N–H and O–H groups in total. The molecule has 0 radical (unpaired) electrons. The third kappa shape index (κ3) is 7.66. The Hall–Kier alpha value is -2.53. The minimum Gasteiger partial charge on any atom is -0.488 e. The van der Waals surface area contributed by atoms with Crippen LogP contribution < -0.4 is 9.46 Å². The Bertz CT molecular complexity index is 1500. The monoisotopic (exact) mass is 639 g/mol. The van der Waals surface area contributed by atoms with Gasteiger partial charge in [0.05, 0.1) is 33.2 Å². The zero-order valence-corrected chi connectivity index (χ0v) is 25.9. The molecule has 0 bridgehead atoms. The van der Waals surface area contributed by atoms with Crippen LogP contribution in [0.15, 0.2) is 65.6 Å². The van der Waals surface area contributed by atoms with Crippen LogP contribution in [-0.2, 0) is 16.6 Å². The first-order valence-electron chi connectivity index (χ1n) is 13.0. The number of likely N-dealkylation sites (N-methyl/N-ethyl adjacent to an activating group) is 1. The number of aliphatic hydroxyl groups is 1. The minimum atomic E-state index is -3.93. The molecule has 1 aliphatic heterocycles. The Morgan fingerprint density at radius 3 is 2.44 bits per heavy atom. The Morgan fingerprint density at radius 2 is 1.78 bits per heavy atom. The molecule has 1 amide bonds. The Morgan fingerprint density at radius 1 is 1.07 bits per heavy atom. The molecule has 3 atom stereocenters. The first-order chi connectivity index (χ1) is 19.4. The number of anilines is 1. The van der Waals surface area contributed by atoms with Crippen LogP contribution in [0.4, 0.5) is 5.69 Å². The van der Waals surface area contributed by atoms with Gasteiger partial charge in [-0.25, -0.2) is 8.42 Å². The summed E-state index contributed by atoms with van der Waals surface area (Å²) in [5, 5.41) is 11.3. The highest BCUT2D eigenvalue weighted by Gasteiger charge is 2.33. The molecule has 3 aromatic carbocycles. The second kappa shape index (κ2) is 13.2. The summed E-state index contributed by atoms with van der Waals surface area (Å²) in [6.07, 6.45) is -0.320. The van der Waals surface area contributed by atoms with Gasteiger partial charge in [-0.3, -0.25) is 14.4 Å². The number of ether oxygens (including phenoxy) is 1. The number of nitrogens with one attached hydrogen (secondary N) is 1. The number of hydrogen-bond acceptors (Lipinski definition) is 6. The van der Waals surface area contributed by atoms with Gasteiger partial charge in [0, 0.05) is 36.3 Å². The van der Waals surface area contributed by atoms with E-state index in [-0.39, 0.29) is 40.7 Å². The maximum atomic E-state index is 13.7. The van der Waals surface area contributed by atoms with Crippen LogP contribution in [0.1, 0.15) is 29.8 Å². The van der Waals surface area contributed by atoms with Crippen molar-refractivity contribution in [1.82, 2.24) is 9.80 Å². The molecule has 1 heterocycles. The van der Waals surface area contributed by atoms with Crippen molar-refractivity contribution in [2.75, 3.05) is 31.5 Å². The Balaban J connectivity index is 1.62. The molecule has 41 heavy (non-hydrogen) atoms. The van der Waals surface area contributed by atoms with Crippen LogP contribution in [0.2, 0.25) is 15.1 Å². The molecule has 220 valence electrons. The summed E-state index contributed by atoms with van der Waals surface area (Å²) < 4.78 is 34.9. The average molecular weight is 641 g/mol. The normalized spacial score (nSPS) is 18.3. The van der Waals surface area contributed by atoms with Crippen molar-refractivity contribution in [3.63, 3.8) is 0 Å². The molecular formula is C29H32Cl3N3O5S. The number of hydrogen-bond donors (Lipinski definition) is 2. The van der Waals surface area contributed by atoms with Gasteiger partial charge in [0.2, 0.25) is 0 Å². The highest BCUT2D eigenvalue weighted by molar-refractivity contribution is 7.92. The zero-order chi connectivity index (χ0) is 29.9. The molecule has 12 heteroatoms. The lowest BCUT2D eigenvalue weighted by atomic mass is 9.99. The lowest BCUT2D eigenvalue weighted by molar-refractivity contribution is 0.0341. The first-order valence-corrected chi connectivity index (χ1v) is 15.6. The molecule has 0 aliphatic carbocycles. The van der Waals surface area contributed by atoms with Gasteiger partial charge in [0.1, 0.15) is 11.9 Å². The van der Waals surface area contributed by atoms with Crippen LogP contribution >= 0.6 is 34.8 Å². The summed E-state index contributed by atoms with van der Waals surface area (Å²) in [6, 6.07) is 15.4. The summed E-state index contributed by atoms with van der Waals surface area (Å²) in [6.45, 7) is 5.01. The predicted molar refractivity (Wildman–Crippen MR) is 163 cm³/mol. The van der Waals surface area contributed by atoms with E-state index in [1.807, 2.05) is 26.1 Å². The van der Waals surface area contributed by atoms with Crippen LogP contribution in [-0.4, -0.2) is 68.1 Å². The number of fused-ring (bicyclic) bond motifs is 1. The molecule has 0 saturated heterocycles. The lowest BCUT2D eigenvalue weighted by Gasteiger charge is -2.38. The van der Waals surface area contributed by atoms with Crippen molar-refractivity contribution in [3.8, 4) is 5.75 Å². The molecule has 0 spiro atoms. The molecule has 0 unspecified atom stereocenters. The van der Waals surface area contributed by atoms with Crippen molar-refractivity contribution < 1.29 is 23.1 Å². The molecule has 3 aromatic rings. The van der Waals surface area contributed by atoms with Gasteiger partial charge >= 0.3 is 0 Å². The van der Waals surface area contributed by atoms with Gasteiger partial charge in [0.15, 0.2) is 0 Å². The third-order valence-electron chi connectivity index (χ3n) is 6.97. The molecular weight excluding hydrogens is 609 g/mol. The molecule has 8 nitrogen and oxygen atoms in total. The van der Waals surface area contributed by atoms with Gasteiger partial charge in [-0.1, -0.05) is 47.8 Å². The van der Waals surface area contributed by atoms with E-state index < -0.39 is 16.1 Å². The molecule has 0 fully saturated rings. The van der Waals surface area contributed by atoms with Gasteiger partial charge in [-0.2, -0.15) is 0 Å². The van der Waals surface area contributed by atoms with Crippen LogP contribution in [0.5, 0.6) is 5.75 Å². The van der Waals surface area contributed by atoms with E-state index in [0.717, 1.165) is 5.56 Å². The van der Waals surface area contributed by atoms with E-state index in [0.29, 0.717) is 40.5 Å². The number of nitrogens with zero attached hydrogens (tertiary/aromatic N) is 2. The fourth-order valence-corrected chi connectivity index (χ4v) is 6.15. The number of aliphatic hydroxyl groups excluding tert-OH is 1. The standard InChI is InChI=1S/C29H32Cl3N3O5S/c1-18-14-35(19(2)17-36)29(37)24-13-22(33-41(38,39)23-8-5-21(30)6-9-23)7-11-27(24)40-28(18)16-34(3)15-20-4-10-25(31)26(32)12-20/h4-13,18-19,28,33,36H,14-17H2,1-3H3/t18-,19+,28-/m0/s1. The topological polar surface area (TPSA) is 99.2 Å².